The summed E-state index contributed by atoms with van der Waals surface area (Å²) in [5.74, 6) is 0. The minimum absolute atomic E-state index is 0.141. The number of hydrogen-bond acceptors (Lipinski definition) is 2. The van der Waals surface area contributed by atoms with Gasteiger partial charge in [-0.05, 0) is 12.0 Å². The van der Waals surface area contributed by atoms with Gasteiger partial charge in [-0.25, -0.2) is 0 Å². The maximum absolute atomic E-state index is 5.61. The molecule has 1 aromatic carbocycles. The molecule has 1 aliphatic rings. The summed E-state index contributed by atoms with van der Waals surface area (Å²) in [5.41, 5.74) is 2.56. The number of hydrogen-bond donors (Lipinski definition) is 0. The Hall–Kier alpha value is -0.903. The van der Waals surface area contributed by atoms with E-state index in [4.69, 9.17) is 9.47 Å². The van der Waals surface area contributed by atoms with Crippen molar-refractivity contribution in [3.05, 3.63) is 42.0 Å². The lowest BCUT2D eigenvalue weighted by molar-refractivity contribution is -0.0433. The van der Waals surface area contributed by atoms with E-state index in [-0.39, 0.29) is 6.29 Å². The fourth-order valence-corrected chi connectivity index (χ4v) is 3.62. The van der Waals surface area contributed by atoms with Crippen LogP contribution in [0.1, 0.15) is 17.4 Å². The average molecular weight is 248 g/mol. The molecule has 0 saturated carbocycles. The Kier molecular flexibility index (Phi) is 4.15. The Morgan fingerprint density at radius 1 is 1.35 bits per heavy atom. The van der Waals surface area contributed by atoms with E-state index in [1.807, 2.05) is 6.08 Å². The van der Waals surface area contributed by atoms with Crippen LogP contribution in [-0.2, 0) is 15.9 Å². The van der Waals surface area contributed by atoms with Crippen molar-refractivity contribution in [3.8, 4) is 0 Å². The third-order valence-corrected chi connectivity index (χ3v) is 4.77. The quantitative estimate of drug-likeness (QED) is 0.600. The summed E-state index contributed by atoms with van der Waals surface area (Å²) in [4.78, 5) is 0. The van der Waals surface area contributed by atoms with E-state index in [0.29, 0.717) is 13.2 Å². The molecule has 0 spiro atoms. The van der Waals surface area contributed by atoms with Crippen LogP contribution < -0.4 is 5.19 Å². The first kappa shape index (κ1) is 12.6. The lowest BCUT2D eigenvalue weighted by atomic mass is 10.1. The van der Waals surface area contributed by atoms with Crippen molar-refractivity contribution in [1.82, 2.24) is 0 Å². The van der Waals surface area contributed by atoms with Gasteiger partial charge in [0.15, 0.2) is 6.29 Å². The molecule has 2 rings (SSSR count). The molecule has 0 amide bonds. The minimum Gasteiger partial charge on any atom is -0.346 e. The van der Waals surface area contributed by atoms with Crippen LogP contribution in [0, 0.1) is 0 Å². The van der Waals surface area contributed by atoms with Gasteiger partial charge in [0.1, 0.15) is 0 Å². The largest absolute Gasteiger partial charge is 0.346 e. The smallest absolute Gasteiger partial charge is 0.183 e. The van der Waals surface area contributed by atoms with Gasteiger partial charge < -0.3 is 9.47 Å². The van der Waals surface area contributed by atoms with Gasteiger partial charge >= 0.3 is 0 Å². The van der Waals surface area contributed by atoms with Crippen molar-refractivity contribution in [2.75, 3.05) is 13.2 Å². The highest BCUT2D eigenvalue weighted by Gasteiger charge is 2.22. The van der Waals surface area contributed by atoms with Gasteiger partial charge in [-0.1, -0.05) is 42.6 Å². The molecule has 0 N–H and O–H groups in total. The van der Waals surface area contributed by atoms with Gasteiger partial charge in [-0.2, -0.15) is 0 Å². The molecule has 1 saturated heterocycles. The van der Waals surface area contributed by atoms with Crippen LogP contribution in [0.3, 0.4) is 0 Å². The van der Waals surface area contributed by atoms with E-state index in [2.05, 4.69) is 37.9 Å². The van der Waals surface area contributed by atoms with Gasteiger partial charge in [-0.3, -0.25) is 0 Å². The van der Waals surface area contributed by atoms with E-state index in [1.54, 1.807) is 0 Å². The van der Waals surface area contributed by atoms with Crippen LogP contribution in [0.4, 0.5) is 0 Å². The summed E-state index contributed by atoms with van der Waals surface area (Å²) in [6.07, 6.45) is 2.74. The van der Waals surface area contributed by atoms with Crippen molar-refractivity contribution in [3.63, 3.8) is 0 Å². The normalized spacial score (nSPS) is 16.6. The topological polar surface area (TPSA) is 18.5 Å². The Labute approximate surface area is 105 Å². The summed E-state index contributed by atoms with van der Waals surface area (Å²) in [7, 11) is -0.872. The van der Waals surface area contributed by atoms with Gasteiger partial charge in [0.25, 0.3) is 0 Å². The van der Waals surface area contributed by atoms with Crippen LogP contribution in [0.2, 0.25) is 13.1 Å². The predicted octanol–water partition coefficient (Wildman–Crippen LogP) is 2.15. The van der Waals surface area contributed by atoms with E-state index in [9.17, 15) is 0 Å². The van der Waals surface area contributed by atoms with Gasteiger partial charge in [-0.15, -0.1) is 6.58 Å². The average Bonchev–Trinajstić information content (AvgIpc) is 2.82. The molecule has 0 bridgehead atoms. The zero-order chi connectivity index (χ0) is 12.3. The van der Waals surface area contributed by atoms with E-state index < -0.39 is 8.80 Å². The summed E-state index contributed by atoms with van der Waals surface area (Å²) in [6.45, 7) is 9.88. The van der Waals surface area contributed by atoms with Crippen LogP contribution in [0.5, 0.6) is 0 Å². The van der Waals surface area contributed by atoms with E-state index in [0.717, 1.165) is 6.42 Å². The molecule has 0 aromatic heterocycles. The predicted molar refractivity (Wildman–Crippen MR) is 73.5 cm³/mol. The molecule has 1 aromatic rings. The SMILES string of the molecule is C=CCc1ccc(C2OCCO2)c([SiH](C)C)c1. The second-order valence-electron chi connectivity index (χ2n) is 4.68. The van der Waals surface area contributed by atoms with Crippen LogP contribution >= 0.6 is 0 Å². The molecule has 17 heavy (non-hydrogen) atoms. The molecular formula is C14H20O2Si. The Morgan fingerprint density at radius 3 is 2.65 bits per heavy atom. The van der Waals surface area contributed by atoms with E-state index >= 15 is 0 Å². The van der Waals surface area contributed by atoms with Crippen molar-refractivity contribution in [1.29, 1.82) is 0 Å². The molecule has 0 aliphatic carbocycles. The fourth-order valence-electron chi connectivity index (χ4n) is 2.17. The second kappa shape index (κ2) is 5.62. The molecule has 1 fully saturated rings. The van der Waals surface area contributed by atoms with Crippen LogP contribution in [0.15, 0.2) is 30.9 Å². The Morgan fingerprint density at radius 2 is 2.06 bits per heavy atom. The third kappa shape index (κ3) is 2.86. The standard InChI is InChI=1S/C14H20O2Si/c1-4-5-11-6-7-12(13(10-11)17(2)3)14-15-8-9-16-14/h4,6-7,10,14,17H,1,5,8-9H2,2-3H3. The fraction of sp³-hybridized carbons (Fsp3) is 0.429. The van der Waals surface area contributed by atoms with Gasteiger partial charge in [0.05, 0.1) is 22.0 Å². The number of ether oxygens (including phenoxy) is 2. The molecule has 1 heterocycles. The highest BCUT2D eigenvalue weighted by Crippen LogP contribution is 2.22. The number of benzene rings is 1. The summed E-state index contributed by atoms with van der Waals surface area (Å²) in [6, 6.07) is 6.62. The Balaban J connectivity index is 2.33. The first-order chi connectivity index (χ1) is 8.22. The first-order valence-corrected chi connectivity index (χ1v) is 9.08. The van der Waals surface area contributed by atoms with E-state index in [1.165, 1.54) is 16.3 Å². The highest BCUT2D eigenvalue weighted by molar-refractivity contribution is 6.71. The Bertz CT molecular complexity index is 395. The maximum atomic E-state index is 5.61. The number of allylic oxidation sites excluding steroid dienone is 1. The van der Waals surface area contributed by atoms with Crippen LogP contribution in [0.25, 0.3) is 0 Å². The van der Waals surface area contributed by atoms with Crippen molar-refractivity contribution >= 4 is 14.0 Å². The molecule has 0 unspecified atom stereocenters. The van der Waals surface area contributed by atoms with Crippen LogP contribution in [-0.4, -0.2) is 22.0 Å². The van der Waals surface area contributed by atoms with Crippen molar-refractivity contribution in [2.45, 2.75) is 25.8 Å². The molecule has 2 nitrogen and oxygen atoms in total. The highest BCUT2D eigenvalue weighted by atomic mass is 28.3. The zero-order valence-electron chi connectivity index (χ0n) is 10.6. The molecule has 1 aliphatic heterocycles. The monoisotopic (exact) mass is 248 g/mol. The second-order valence-corrected chi connectivity index (χ2v) is 7.62. The maximum Gasteiger partial charge on any atom is 0.183 e. The molecular weight excluding hydrogens is 228 g/mol. The zero-order valence-corrected chi connectivity index (χ0v) is 11.8. The lowest BCUT2D eigenvalue weighted by Crippen LogP contribution is -2.29. The summed E-state index contributed by atoms with van der Waals surface area (Å²) < 4.78 is 11.2. The van der Waals surface area contributed by atoms with Gasteiger partial charge in [0, 0.05) is 5.56 Å². The summed E-state index contributed by atoms with van der Waals surface area (Å²) in [5, 5.41) is 1.45. The summed E-state index contributed by atoms with van der Waals surface area (Å²) >= 11 is 0. The molecule has 0 atom stereocenters. The first-order valence-electron chi connectivity index (χ1n) is 6.19. The number of rotatable bonds is 4. The molecule has 0 radical (unpaired) electrons. The van der Waals surface area contributed by atoms with Crippen molar-refractivity contribution in [2.24, 2.45) is 0 Å². The molecule has 92 valence electrons. The third-order valence-electron chi connectivity index (χ3n) is 3.03. The molecule has 3 heteroatoms. The minimum atomic E-state index is -0.872. The van der Waals surface area contributed by atoms with Gasteiger partial charge in [0.2, 0.25) is 0 Å². The van der Waals surface area contributed by atoms with Crippen molar-refractivity contribution < 1.29 is 9.47 Å². The lowest BCUT2D eigenvalue weighted by Gasteiger charge is -2.17.